The van der Waals surface area contributed by atoms with Gasteiger partial charge in [0.1, 0.15) is 6.10 Å². The normalized spacial score (nSPS) is 16.5. The van der Waals surface area contributed by atoms with Crippen LogP contribution in [0.15, 0.2) is 60.7 Å². The minimum Gasteiger partial charge on any atom is -0.396 e. The zero-order valence-corrected chi connectivity index (χ0v) is 33.7. The van der Waals surface area contributed by atoms with Gasteiger partial charge >= 0.3 is 0 Å². The maximum Gasteiger partial charge on any atom is 0.277 e. The molecule has 0 heterocycles. The Hall–Kier alpha value is -2.98. The van der Waals surface area contributed by atoms with Crippen molar-refractivity contribution in [2.24, 2.45) is 17.8 Å². The van der Waals surface area contributed by atoms with E-state index in [0.29, 0.717) is 21.4 Å². The average Bonchev–Trinajstić information content (AvgIpc) is 4.07. The molecule has 0 bridgehead atoms. The molecule has 4 aromatic rings. The molecule has 18 heteroatoms. The van der Waals surface area contributed by atoms with Crippen LogP contribution in [0.25, 0.3) is 0 Å². The van der Waals surface area contributed by atoms with Crippen molar-refractivity contribution in [3.05, 3.63) is 112 Å². The quantitative estimate of drug-likeness (QED) is 0.0419. The van der Waals surface area contributed by atoms with Crippen molar-refractivity contribution in [1.82, 2.24) is 11.0 Å². The van der Waals surface area contributed by atoms with Crippen LogP contribution in [-0.4, -0.2) is 48.0 Å². The Morgan fingerprint density at radius 1 is 0.722 bits per heavy atom. The highest BCUT2D eigenvalue weighted by Crippen LogP contribution is 2.38. The highest BCUT2D eigenvalue weighted by molar-refractivity contribution is 14.1. The van der Waals surface area contributed by atoms with Crippen LogP contribution in [0.3, 0.4) is 0 Å². The minimum atomic E-state index is -1.17. The van der Waals surface area contributed by atoms with Crippen LogP contribution in [0, 0.1) is 48.2 Å². The lowest BCUT2D eigenvalue weighted by atomic mass is 10.1. The van der Waals surface area contributed by atoms with Gasteiger partial charge in [-0.3, -0.25) is 19.3 Å². The minimum absolute atomic E-state index is 0.0325. The molecule has 2 aliphatic carbocycles. The monoisotopic (exact) mass is 1020 g/mol. The fourth-order valence-electron chi connectivity index (χ4n) is 5.09. The largest absolute Gasteiger partial charge is 0.396 e. The molecule has 3 atom stereocenters. The molecule has 3 unspecified atom stereocenters. The number of rotatable bonds is 14. The van der Waals surface area contributed by atoms with E-state index in [-0.39, 0.29) is 60.1 Å². The Labute approximate surface area is 344 Å². The molecule has 6 N–H and O–H groups in total. The van der Waals surface area contributed by atoms with Crippen LogP contribution >= 0.6 is 68.4 Å². The number of amides is 2. The summed E-state index contributed by atoms with van der Waals surface area (Å²) in [6, 6.07) is 13.6. The van der Waals surface area contributed by atoms with Gasteiger partial charge in [-0.25, -0.2) is 28.5 Å². The Morgan fingerprint density at radius 3 is 1.63 bits per heavy atom. The number of hydrogen-bond acceptors (Lipinski definition) is 8. The first-order valence-electron chi connectivity index (χ1n) is 16.3. The molecular formula is C36H32Cl2F4I2N4O6. The second-order valence-corrected chi connectivity index (χ2v) is 15.7. The SMILES string of the molecule is O=C(NOC(CO)C1CC1)c1cc(F)c(F)cc1Nc1ccc(I)cc1Cl.O=C(NOCC1CC1CO)c1cc(F)c(F)cc1Nc1ccc(I)cc1Cl. The van der Waals surface area contributed by atoms with Crippen molar-refractivity contribution < 1.29 is 47.0 Å². The topological polar surface area (TPSA) is 141 Å². The summed E-state index contributed by atoms with van der Waals surface area (Å²) < 4.78 is 56.6. The number of nitrogens with one attached hydrogen (secondary N) is 4. The Morgan fingerprint density at radius 2 is 1.20 bits per heavy atom. The van der Waals surface area contributed by atoms with E-state index in [0.717, 1.165) is 50.7 Å². The highest BCUT2D eigenvalue weighted by atomic mass is 127. The van der Waals surface area contributed by atoms with E-state index in [2.05, 4.69) is 66.8 Å². The van der Waals surface area contributed by atoms with Gasteiger partial charge in [-0.05, 0) is 131 Å². The van der Waals surface area contributed by atoms with E-state index in [9.17, 15) is 32.3 Å². The third kappa shape index (κ3) is 11.5. The lowest BCUT2D eigenvalue weighted by Gasteiger charge is -2.17. The predicted molar refractivity (Wildman–Crippen MR) is 212 cm³/mol. The predicted octanol–water partition coefficient (Wildman–Crippen LogP) is 8.65. The number of carbonyl (C=O) groups is 2. The van der Waals surface area contributed by atoms with Crippen LogP contribution in [0.1, 0.15) is 40.0 Å². The van der Waals surface area contributed by atoms with Gasteiger partial charge in [0.25, 0.3) is 11.8 Å². The van der Waals surface area contributed by atoms with Gasteiger partial charge in [-0.2, -0.15) is 0 Å². The smallest absolute Gasteiger partial charge is 0.277 e. The number of aliphatic hydroxyl groups is 2. The van der Waals surface area contributed by atoms with E-state index in [1.54, 1.807) is 36.4 Å². The number of carbonyl (C=O) groups excluding carboxylic acids is 2. The third-order valence-electron chi connectivity index (χ3n) is 8.41. The molecule has 4 aromatic carbocycles. The second kappa shape index (κ2) is 19.2. The summed E-state index contributed by atoms with van der Waals surface area (Å²) in [5.74, 6) is -5.46. The van der Waals surface area contributed by atoms with Crippen molar-refractivity contribution in [2.45, 2.75) is 25.4 Å². The number of hydroxylamine groups is 2. The van der Waals surface area contributed by atoms with E-state index in [1.807, 2.05) is 0 Å². The summed E-state index contributed by atoms with van der Waals surface area (Å²) in [5, 5.41) is 24.7. The molecule has 0 aromatic heterocycles. The number of anilines is 4. The van der Waals surface area contributed by atoms with E-state index in [1.165, 1.54) is 0 Å². The summed E-state index contributed by atoms with van der Waals surface area (Å²) in [6.45, 7) is 0.0778. The van der Waals surface area contributed by atoms with Crippen molar-refractivity contribution >= 4 is 103 Å². The van der Waals surface area contributed by atoms with Crippen LogP contribution in [0.2, 0.25) is 10.0 Å². The molecule has 2 aliphatic rings. The summed E-state index contributed by atoms with van der Waals surface area (Å²) in [5.41, 5.74) is 5.12. The van der Waals surface area contributed by atoms with Crippen molar-refractivity contribution in [1.29, 1.82) is 0 Å². The first-order chi connectivity index (χ1) is 25.8. The van der Waals surface area contributed by atoms with Crippen LogP contribution < -0.4 is 21.6 Å². The Balaban J connectivity index is 0.000000208. The average molecular weight is 1020 g/mol. The number of hydrogen-bond donors (Lipinski definition) is 6. The standard InChI is InChI=1S/2C18H16ClF2IN2O3/c19-13-4-11(22)1-2-16(13)23-17-6-15(21)14(20)5-12(17)18(26)24-27-8-10-3-9(10)7-25;19-12-5-10(22)3-4-15(12)23-16-7-14(21)13(20)6-11(16)18(26)24-27-17(8-25)9-1-2-9/h1-2,4-6,9-10,23,25H,3,7-8H2,(H,24,26);3-7,9,17,23,25H,1-2,8H2,(H,24,26). The molecule has 0 spiro atoms. The number of benzene rings is 4. The van der Waals surface area contributed by atoms with Crippen LogP contribution in [-0.2, 0) is 9.68 Å². The molecule has 2 saturated carbocycles. The maximum atomic E-state index is 13.7. The molecule has 6 rings (SSSR count). The molecule has 2 amide bonds. The van der Waals surface area contributed by atoms with Gasteiger partial charge in [-0.15, -0.1) is 0 Å². The van der Waals surface area contributed by atoms with Crippen molar-refractivity contribution in [2.75, 3.05) is 30.5 Å². The molecule has 0 radical (unpaired) electrons. The van der Waals surface area contributed by atoms with Gasteiger partial charge in [-0.1, -0.05) is 23.2 Å². The number of halogens is 8. The van der Waals surface area contributed by atoms with E-state index >= 15 is 0 Å². The first-order valence-corrected chi connectivity index (χ1v) is 19.2. The maximum absolute atomic E-state index is 13.7. The lowest BCUT2D eigenvalue weighted by Crippen LogP contribution is -2.33. The Kier molecular flexibility index (Phi) is 15.0. The Bertz CT molecular complexity index is 2020. The lowest BCUT2D eigenvalue weighted by molar-refractivity contribution is -0.0497. The molecule has 2 fully saturated rings. The summed E-state index contributed by atoms with van der Waals surface area (Å²) in [4.78, 5) is 35.2. The zero-order chi connectivity index (χ0) is 39.1. The van der Waals surface area contributed by atoms with Gasteiger partial charge in [0.05, 0.1) is 57.1 Å². The molecule has 10 nitrogen and oxygen atoms in total. The summed E-state index contributed by atoms with van der Waals surface area (Å²) in [6.07, 6.45) is 2.12. The number of aliphatic hydroxyl groups excluding tert-OH is 2. The van der Waals surface area contributed by atoms with E-state index < -0.39 is 41.2 Å². The van der Waals surface area contributed by atoms with Gasteiger partial charge < -0.3 is 20.8 Å². The molecular weight excluding hydrogens is 985 g/mol. The van der Waals surface area contributed by atoms with Crippen LogP contribution in [0.4, 0.5) is 40.3 Å². The molecule has 54 heavy (non-hydrogen) atoms. The highest BCUT2D eigenvalue weighted by Gasteiger charge is 2.36. The second-order valence-electron chi connectivity index (χ2n) is 12.4. The van der Waals surface area contributed by atoms with Crippen LogP contribution in [0.5, 0.6) is 0 Å². The summed E-state index contributed by atoms with van der Waals surface area (Å²) in [7, 11) is 0. The van der Waals surface area contributed by atoms with Gasteiger partial charge in [0, 0.05) is 25.9 Å². The fraction of sp³-hybridized carbons (Fsp3) is 0.278. The van der Waals surface area contributed by atoms with Gasteiger partial charge in [0.2, 0.25) is 0 Å². The van der Waals surface area contributed by atoms with Crippen molar-refractivity contribution in [3.63, 3.8) is 0 Å². The molecule has 0 saturated heterocycles. The zero-order valence-electron chi connectivity index (χ0n) is 27.9. The summed E-state index contributed by atoms with van der Waals surface area (Å²) >= 11 is 16.5. The molecule has 288 valence electrons. The third-order valence-corrected chi connectivity index (χ3v) is 10.4. The first kappa shape index (κ1) is 42.2. The van der Waals surface area contributed by atoms with E-state index in [4.69, 9.17) is 38.0 Å². The fourth-order valence-corrected chi connectivity index (χ4v) is 6.90. The molecule has 0 aliphatic heterocycles. The van der Waals surface area contributed by atoms with Crippen molar-refractivity contribution in [3.8, 4) is 0 Å². The van der Waals surface area contributed by atoms with Gasteiger partial charge in [0.15, 0.2) is 23.3 Å².